The summed E-state index contributed by atoms with van der Waals surface area (Å²) >= 11 is 0. The number of esters is 2. The number of amides is 1. The minimum absolute atomic E-state index is 0.00919. The molecule has 0 saturated carbocycles. The van der Waals surface area contributed by atoms with Gasteiger partial charge < -0.3 is 19.1 Å². The Morgan fingerprint density at radius 1 is 0.579 bits per heavy atom. The maximum absolute atomic E-state index is 14.0. The Morgan fingerprint density at radius 2 is 1.05 bits per heavy atom. The van der Waals surface area contributed by atoms with Gasteiger partial charge in [0.1, 0.15) is 11.5 Å². The maximum Gasteiger partial charge on any atom is 0.338 e. The van der Waals surface area contributed by atoms with Crippen LogP contribution in [0.2, 0.25) is 0 Å². The monoisotopic (exact) mass is 509 g/mol. The van der Waals surface area contributed by atoms with Crippen molar-refractivity contribution in [1.29, 1.82) is 0 Å². The number of rotatable bonds is 9. The highest BCUT2D eigenvalue weighted by molar-refractivity contribution is 6.12. The van der Waals surface area contributed by atoms with Crippen molar-refractivity contribution in [3.63, 3.8) is 0 Å². The second-order valence-electron chi connectivity index (χ2n) is 8.42. The molecule has 0 aromatic heterocycles. The lowest BCUT2D eigenvalue weighted by molar-refractivity contribution is 0.0576. The summed E-state index contributed by atoms with van der Waals surface area (Å²) in [5.74, 6) is -0.567. The highest BCUT2D eigenvalue weighted by atomic mass is 16.5. The molecule has 0 saturated heterocycles. The number of hydrogen-bond donors (Lipinski definition) is 0. The first-order valence-electron chi connectivity index (χ1n) is 11.9. The van der Waals surface area contributed by atoms with Crippen molar-refractivity contribution in [2.75, 3.05) is 14.2 Å². The van der Waals surface area contributed by atoms with Gasteiger partial charge >= 0.3 is 11.9 Å². The predicted octanol–water partition coefficient (Wildman–Crippen LogP) is 5.89. The van der Waals surface area contributed by atoms with E-state index < -0.39 is 17.8 Å². The van der Waals surface area contributed by atoms with Crippen molar-refractivity contribution in [2.45, 2.75) is 13.1 Å². The van der Waals surface area contributed by atoms with Crippen LogP contribution in [0.1, 0.15) is 42.2 Å². The lowest BCUT2D eigenvalue weighted by Gasteiger charge is -2.25. The van der Waals surface area contributed by atoms with Gasteiger partial charge in [0, 0.05) is 13.1 Å². The number of hydrogen-bond acceptors (Lipinski definition) is 6. The summed E-state index contributed by atoms with van der Waals surface area (Å²) in [6, 6.07) is 30.8. The Bertz CT molecular complexity index is 1370. The van der Waals surface area contributed by atoms with E-state index in [0.717, 1.165) is 16.9 Å². The molecular formula is C31H27NO6. The molecule has 0 N–H and O–H groups in total. The molecule has 7 heteroatoms. The Balaban J connectivity index is 1.68. The first-order chi connectivity index (χ1) is 18.5. The van der Waals surface area contributed by atoms with Crippen LogP contribution in [0.3, 0.4) is 0 Å². The van der Waals surface area contributed by atoms with Crippen molar-refractivity contribution < 1.29 is 28.6 Å². The quantitative estimate of drug-likeness (QED) is 0.262. The molecule has 0 fully saturated rings. The molecule has 0 aliphatic carbocycles. The van der Waals surface area contributed by atoms with Crippen LogP contribution in [0, 0.1) is 0 Å². The Morgan fingerprint density at radius 3 is 1.58 bits per heavy atom. The molecule has 4 aromatic carbocycles. The molecule has 0 unspecified atom stereocenters. The minimum atomic E-state index is -0.721. The van der Waals surface area contributed by atoms with E-state index in [0.29, 0.717) is 5.75 Å². The summed E-state index contributed by atoms with van der Waals surface area (Å²) in [5.41, 5.74) is 1.64. The number of nitrogens with zero attached hydrogens (tertiary/aromatic N) is 1. The molecule has 0 atom stereocenters. The number of benzene rings is 4. The van der Waals surface area contributed by atoms with Crippen molar-refractivity contribution in [1.82, 2.24) is 4.90 Å². The molecule has 0 heterocycles. The zero-order valence-electron chi connectivity index (χ0n) is 21.1. The molecule has 0 bridgehead atoms. The van der Waals surface area contributed by atoms with Gasteiger partial charge in [0.05, 0.1) is 30.9 Å². The summed E-state index contributed by atoms with van der Waals surface area (Å²) in [5, 5.41) is 0. The van der Waals surface area contributed by atoms with Crippen molar-refractivity contribution in [3.05, 3.63) is 131 Å². The van der Waals surface area contributed by atoms with Crippen LogP contribution in [0.15, 0.2) is 103 Å². The van der Waals surface area contributed by atoms with Crippen molar-refractivity contribution in [3.8, 4) is 11.5 Å². The van der Waals surface area contributed by atoms with Gasteiger partial charge in [0.15, 0.2) is 0 Å². The maximum atomic E-state index is 14.0. The number of carbonyl (C=O) groups is 3. The van der Waals surface area contributed by atoms with Crippen LogP contribution in [0.25, 0.3) is 0 Å². The molecule has 192 valence electrons. The molecule has 4 aromatic rings. The molecular weight excluding hydrogens is 482 g/mol. The average molecular weight is 510 g/mol. The van der Waals surface area contributed by atoms with Gasteiger partial charge in [-0.3, -0.25) is 4.79 Å². The van der Waals surface area contributed by atoms with Crippen LogP contribution >= 0.6 is 0 Å². The third kappa shape index (κ3) is 6.25. The Hall–Kier alpha value is -4.91. The van der Waals surface area contributed by atoms with E-state index in [4.69, 9.17) is 14.2 Å². The molecule has 0 aliphatic rings. The molecule has 0 spiro atoms. The third-order valence-corrected chi connectivity index (χ3v) is 5.87. The number of methoxy groups -OCH3 is 2. The van der Waals surface area contributed by atoms with E-state index in [1.165, 1.54) is 32.4 Å². The summed E-state index contributed by atoms with van der Waals surface area (Å²) in [4.78, 5) is 40.7. The lowest BCUT2D eigenvalue weighted by Crippen LogP contribution is -2.33. The summed E-state index contributed by atoms with van der Waals surface area (Å²) < 4.78 is 15.7. The van der Waals surface area contributed by atoms with E-state index in [-0.39, 0.29) is 29.8 Å². The topological polar surface area (TPSA) is 82.1 Å². The van der Waals surface area contributed by atoms with E-state index in [1.807, 2.05) is 84.9 Å². The minimum Gasteiger partial charge on any atom is -0.465 e. The third-order valence-electron chi connectivity index (χ3n) is 5.87. The smallest absolute Gasteiger partial charge is 0.338 e. The summed E-state index contributed by atoms with van der Waals surface area (Å²) in [6.45, 7) is 0.466. The van der Waals surface area contributed by atoms with Gasteiger partial charge in [0.25, 0.3) is 5.91 Å². The number of carbonyl (C=O) groups excluding carboxylic acids is 3. The molecule has 38 heavy (non-hydrogen) atoms. The van der Waals surface area contributed by atoms with E-state index >= 15 is 0 Å². The number of para-hydroxylation sites is 1. The fraction of sp³-hybridized carbons (Fsp3) is 0.129. The normalized spacial score (nSPS) is 10.4. The predicted molar refractivity (Wildman–Crippen MR) is 142 cm³/mol. The van der Waals surface area contributed by atoms with Crippen LogP contribution in [-0.2, 0) is 22.6 Å². The highest BCUT2D eigenvalue weighted by Crippen LogP contribution is 2.25. The zero-order valence-corrected chi connectivity index (χ0v) is 21.1. The fourth-order valence-corrected chi connectivity index (χ4v) is 4.01. The van der Waals surface area contributed by atoms with Gasteiger partial charge in [-0.05, 0) is 47.5 Å². The average Bonchev–Trinajstić information content (AvgIpc) is 2.97. The van der Waals surface area contributed by atoms with Crippen LogP contribution < -0.4 is 4.74 Å². The van der Waals surface area contributed by atoms with Crippen molar-refractivity contribution >= 4 is 17.8 Å². The van der Waals surface area contributed by atoms with Crippen LogP contribution in [0.4, 0.5) is 0 Å². The second kappa shape index (κ2) is 12.4. The molecule has 0 radical (unpaired) electrons. The Labute approximate surface area is 221 Å². The SMILES string of the molecule is COC(=O)c1cccc(C(=O)OC)c1C(=O)N(Cc1ccccc1)Cc1ccc(Oc2ccccc2)cc1. The molecule has 7 nitrogen and oxygen atoms in total. The second-order valence-corrected chi connectivity index (χ2v) is 8.42. The molecule has 4 rings (SSSR count). The van der Waals surface area contributed by atoms with E-state index in [2.05, 4.69) is 0 Å². The van der Waals surface area contributed by atoms with Gasteiger partial charge in [-0.1, -0.05) is 66.7 Å². The van der Waals surface area contributed by atoms with Crippen LogP contribution in [-0.4, -0.2) is 37.0 Å². The van der Waals surface area contributed by atoms with Gasteiger partial charge in [0.2, 0.25) is 0 Å². The largest absolute Gasteiger partial charge is 0.465 e. The summed E-state index contributed by atoms with van der Waals surface area (Å²) in [7, 11) is 2.45. The van der Waals surface area contributed by atoms with Gasteiger partial charge in [-0.25, -0.2) is 9.59 Å². The van der Waals surface area contributed by atoms with Gasteiger partial charge in [-0.2, -0.15) is 0 Å². The summed E-state index contributed by atoms with van der Waals surface area (Å²) in [6.07, 6.45) is 0. The lowest BCUT2D eigenvalue weighted by atomic mass is 9.98. The molecule has 1 amide bonds. The van der Waals surface area contributed by atoms with E-state index in [1.54, 1.807) is 4.90 Å². The Kier molecular flexibility index (Phi) is 8.51. The zero-order chi connectivity index (χ0) is 26.9. The first kappa shape index (κ1) is 26.2. The first-order valence-corrected chi connectivity index (χ1v) is 11.9. The standard InChI is InChI=1S/C31H27NO6/c1-36-30(34)26-14-9-15-27(31(35)37-2)28(26)29(33)32(20-22-10-5-3-6-11-22)21-23-16-18-25(19-17-23)38-24-12-7-4-8-13-24/h3-19H,20-21H2,1-2H3. The highest BCUT2D eigenvalue weighted by Gasteiger charge is 2.29. The van der Waals surface area contributed by atoms with E-state index in [9.17, 15) is 14.4 Å². The van der Waals surface area contributed by atoms with Crippen LogP contribution in [0.5, 0.6) is 11.5 Å². The fourth-order valence-electron chi connectivity index (χ4n) is 4.01. The number of ether oxygens (including phenoxy) is 3. The molecule has 0 aliphatic heterocycles. The van der Waals surface area contributed by atoms with Crippen molar-refractivity contribution in [2.24, 2.45) is 0 Å². The van der Waals surface area contributed by atoms with Gasteiger partial charge in [-0.15, -0.1) is 0 Å².